The third-order valence-corrected chi connectivity index (χ3v) is 33.2. The summed E-state index contributed by atoms with van der Waals surface area (Å²) in [5.41, 5.74) is 32.4. The highest BCUT2D eigenvalue weighted by molar-refractivity contribution is 7.27. The Labute approximate surface area is 841 Å². The average Bonchev–Trinajstić information content (AvgIpc) is 1.53. The Bertz CT molecular complexity index is 10100. The summed E-state index contributed by atoms with van der Waals surface area (Å²) in [6, 6.07) is 150. The van der Waals surface area contributed by atoms with Crippen molar-refractivity contribution in [2.75, 3.05) is 0 Å². The fourth-order valence-electron chi connectivity index (χ4n) is 23.0. The van der Waals surface area contributed by atoms with E-state index < -0.39 is 0 Å². The van der Waals surface area contributed by atoms with Gasteiger partial charge in [0.15, 0.2) is 29.1 Å². The summed E-state index contributed by atoms with van der Waals surface area (Å²) in [6.07, 6.45) is 6.93. The molecule has 0 saturated heterocycles. The minimum absolute atomic E-state index is 0.198. The summed E-state index contributed by atoms with van der Waals surface area (Å²) in [7, 11) is 0. The summed E-state index contributed by atoms with van der Waals surface area (Å²) in [6.45, 7) is 9.38. The number of hydrogen-bond donors (Lipinski definition) is 0. The van der Waals surface area contributed by atoms with E-state index in [1.54, 1.807) is 12.7 Å². The van der Waals surface area contributed by atoms with Crippen molar-refractivity contribution in [1.82, 2.24) is 53.6 Å². The van der Waals surface area contributed by atoms with Gasteiger partial charge in [-0.1, -0.05) is 325 Å². The molecule has 0 radical (unpaired) electrons. The summed E-state index contributed by atoms with van der Waals surface area (Å²) < 4.78 is 15.2. The van der Waals surface area contributed by atoms with E-state index in [4.69, 9.17) is 15.0 Å². The Hall–Kier alpha value is -17.7. The molecule has 9 aromatic heterocycles. The van der Waals surface area contributed by atoms with Gasteiger partial charge in [0.05, 0.1) is 33.1 Å². The normalized spacial score (nSPS) is 12.8. The quantitative estimate of drug-likeness (QED) is 0.126. The van der Waals surface area contributed by atoms with E-state index in [2.05, 4.69) is 442 Å². The molecule has 30 rings (SSSR count). The highest BCUT2D eigenvalue weighted by atomic mass is 32.1. The predicted molar refractivity (Wildman–Crippen MR) is 602 cm³/mol. The van der Waals surface area contributed by atoms with Crippen LogP contribution in [0.1, 0.15) is 49.9 Å². The van der Waals surface area contributed by atoms with Crippen molar-refractivity contribution in [1.29, 1.82) is 0 Å². The molecular weight excluding hydrogens is 1810 g/mol. The molecule has 2 aliphatic carbocycles. The Morgan fingerprint density at radius 3 is 1.10 bits per heavy atom. The fourth-order valence-corrected chi connectivity index (χ4v) is 26.8. The second kappa shape index (κ2) is 33.5. The number of para-hydroxylation sites is 3. The molecule has 0 atom stereocenters. The first-order chi connectivity index (χ1) is 70.9. The smallest absolute Gasteiger partial charge is 0.164 e. The fraction of sp³-hybridized carbons (Fsp3) is 0.0462. The molecule has 28 aromatic rings. The van der Waals surface area contributed by atoms with Crippen molar-refractivity contribution >= 4 is 160 Å². The molecule has 0 amide bonds. The first-order valence-corrected chi connectivity index (χ1v) is 51.2. The number of thiophene rings is 3. The van der Waals surface area contributed by atoms with Crippen LogP contribution >= 0.6 is 34.0 Å². The van der Waals surface area contributed by atoms with E-state index >= 15 is 0 Å². The minimum Gasteiger partial charge on any atom is -0.309 e. The summed E-state index contributed by atoms with van der Waals surface area (Å²) in [5, 5.41) is 15.5. The number of rotatable bonds is 11. The van der Waals surface area contributed by atoms with E-state index in [1.165, 1.54) is 182 Å². The van der Waals surface area contributed by atoms with Gasteiger partial charge in [0, 0.05) is 161 Å². The van der Waals surface area contributed by atoms with E-state index in [-0.39, 0.29) is 10.8 Å². The summed E-state index contributed by atoms with van der Waals surface area (Å²) in [4.78, 5) is 38.0. The molecule has 0 N–H and O–H groups in total. The van der Waals surface area contributed by atoms with Crippen LogP contribution in [0.5, 0.6) is 0 Å². The Morgan fingerprint density at radius 1 is 0.208 bits per heavy atom. The maximum Gasteiger partial charge on any atom is 0.164 e. The molecule has 2 aliphatic rings. The molecule has 678 valence electrons. The first kappa shape index (κ1) is 84.4. The largest absolute Gasteiger partial charge is 0.309 e. The third kappa shape index (κ3) is 13.5. The first-order valence-electron chi connectivity index (χ1n) is 48.7. The molecule has 0 saturated carbocycles. The van der Waals surface area contributed by atoms with Gasteiger partial charge in [0.25, 0.3) is 0 Å². The maximum absolute atomic E-state index is 5.10. The molecule has 144 heavy (non-hydrogen) atoms. The van der Waals surface area contributed by atoms with Gasteiger partial charge in [-0.2, -0.15) is 0 Å². The lowest BCUT2D eigenvalue weighted by molar-refractivity contribution is 0.660. The molecule has 0 aliphatic heterocycles. The van der Waals surface area contributed by atoms with Crippen LogP contribution in [0.25, 0.3) is 256 Å². The van der Waals surface area contributed by atoms with E-state index in [9.17, 15) is 0 Å². The average molecular weight is 1900 g/mol. The van der Waals surface area contributed by atoms with Crippen molar-refractivity contribution in [2.45, 2.75) is 38.5 Å². The van der Waals surface area contributed by atoms with E-state index in [0.29, 0.717) is 23.3 Å². The number of fused-ring (bicyclic) bond motifs is 27. The van der Waals surface area contributed by atoms with Crippen LogP contribution in [0.15, 0.2) is 444 Å². The van der Waals surface area contributed by atoms with Gasteiger partial charge in [0.1, 0.15) is 12.7 Å². The topological polar surface area (TPSA) is 118 Å². The van der Waals surface area contributed by atoms with Gasteiger partial charge in [-0.05, 0) is 199 Å². The molecule has 0 bridgehead atoms. The second-order valence-corrected chi connectivity index (χ2v) is 41.5. The van der Waals surface area contributed by atoms with Crippen molar-refractivity contribution in [2.24, 2.45) is 0 Å². The van der Waals surface area contributed by atoms with E-state index in [0.717, 1.165) is 72.8 Å². The summed E-state index contributed by atoms with van der Waals surface area (Å²) in [5.74, 6) is 3.41. The molecule has 0 unspecified atom stereocenters. The Balaban J connectivity index is 0.000000106. The van der Waals surface area contributed by atoms with Gasteiger partial charge in [-0.25, -0.2) is 39.9 Å². The molecule has 0 fully saturated rings. The molecule has 14 heteroatoms. The lowest BCUT2D eigenvalue weighted by Crippen LogP contribution is -2.16. The van der Waals surface area contributed by atoms with Gasteiger partial charge in [-0.3, -0.25) is 0 Å². The van der Waals surface area contributed by atoms with Gasteiger partial charge in [0.2, 0.25) is 0 Å². The van der Waals surface area contributed by atoms with Crippen LogP contribution in [0.4, 0.5) is 0 Å². The van der Waals surface area contributed by atoms with Crippen molar-refractivity contribution in [3.05, 3.63) is 466 Å². The summed E-state index contributed by atoms with van der Waals surface area (Å²) >= 11 is 5.66. The van der Waals surface area contributed by atoms with Crippen LogP contribution in [-0.4, -0.2) is 53.6 Å². The van der Waals surface area contributed by atoms with Crippen molar-refractivity contribution in [3.8, 4) is 130 Å². The van der Waals surface area contributed by atoms with Gasteiger partial charge in [-0.15, -0.1) is 34.0 Å². The lowest BCUT2D eigenvalue weighted by atomic mass is 9.78. The zero-order chi connectivity index (χ0) is 95.6. The standard InChI is InChI=1S/C48H32N4S.C43H29N3S.C39H24N4S/c1-48(2)38-19-11-9-18-35(38)43-37(47-50-28-49-46(51-47)29-13-5-3-6-14-29)25-31(26-39(43)48)30-21-22-36-41(27-30)52(32-15-7-4-8-16-32)40-24-23-34-33-17-10-12-20-42(33)53-45(34)44(36)40;1-43(2)34-15-8-6-14-31(34)38-33(42-44-23-10-24-45-42)20-19-28(40(38)43)26-17-18-32-36(25-26)46(27-11-4-3-5-12-27)35-22-21-30-29-13-7-9-16-37(29)47-41(30)39(32)35;1-3-10-25(11-4-1)26-12-9-13-27(22-26)38-40-24-41-39(42-38)28-18-19-32-34(23-28)43(29-14-5-2-6-15-29)33-21-20-31-30-16-7-8-17-35(30)44-37(31)36(32)33/h3-28H,1-2H3;3-25H,1-2H3;1-24H. The SMILES string of the molecule is CC1(C)c2ccccc2-c2c(-c3ncccn3)ccc(-c3ccc4c5c6sc7ccccc7c6ccc5n(-c5ccccc5)c4c3)c21.CC1(C)c2ccccc2-c2c(-c3ncnc(-c4ccccc4)n3)cc(-c3ccc4c5c6sc7ccccc7c6ccc5n(-c5ccccc5)c4c3)cc21.c1ccc(-c2cccc(-c3ncnc(-c4ccc5c6c7sc8ccccc8c7ccc6n(-c6ccccc6)c5c4)n3)c2)cc1. The van der Waals surface area contributed by atoms with Crippen LogP contribution in [0, 0.1) is 0 Å². The van der Waals surface area contributed by atoms with Crippen LogP contribution < -0.4 is 0 Å². The van der Waals surface area contributed by atoms with Crippen molar-refractivity contribution in [3.63, 3.8) is 0 Å². The van der Waals surface area contributed by atoms with Gasteiger partial charge < -0.3 is 13.7 Å². The van der Waals surface area contributed by atoms with Crippen LogP contribution in [0.3, 0.4) is 0 Å². The molecule has 19 aromatic carbocycles. The number of benzene rings is 19. The highest BCUT2D eigenvalue weighted by Gasteiger charge is 2.41. The molecule has 11 nitrogen and oxygen atoms in total. The minimum atomic E-state index is -0.207. The van der Waals surface area contributed by atoms with Crippen LogP contribution in [-0.2, 0) is 10.8 Å². The zero-order valence-electron chi connectivity index (χ0n) is 78.8. The van der Waals surface area contributed by atoms with Crippen LogP contribution in [0.2, 0.25) is 0 Å². The van der Waals surface area contributed by atoms with Gasteiger partial charge >= 0.3 is 0 Å². The predicted octanol–water partition coefficient (Wildman–Crippen LogP) is 34.6. The number of aromatic nitrogens is 11. The molecule has 9 heterocycles. The molecular formula is C130H85N11S3. The highest BCUT2D eigenvalue weighted by Crippen LogP contribution is 2.58. The monoisotopic (exact) mass is 1900 g/mol. The lowest BCUT2D eigenvalue weighted by Gasteiger charge is -2.25. The number of hydrogen-bond acceptors (Lipinski definition) is 11. The van der Waals surface area contributed by atoms with E-state index in [1.807, 2.05) is 88.9 Å². The Morgan fingerprint density at radius 2 is 0.583 bits per heavy atom. The zero-order valence-corrected chi connectivity index (χ0v) is 81.2. The number of nitrogens with zero attached hydrogens (tertiary/aromatic N) is 11. The molecule has 0 spiro atoms. The third-order valence-electron chi connectivity index (χ3n) is 29.6. The second-order valence-electron chi connectivity index (χ2n) is 38.4. The Kier molecular flexibility index (Phi) is 19.7. The maximum atomic E-state index is 5.10. The van der Waals surface area contributed by atoms with Crippen molar-refractivity contribution < 1.29 is 0 Å².